The van der Waals surface area contributed by atoms with Gasteiger partial charge in [-0.3, -0.25) is 0 Å². The summed E-state index contributed by atoms with van der Waals surface area (Å²) in [5.41, 5.74) is 0. The zero-order valence-corrected chi connectivity index (χ0v) is 9.04. The van der Waals surface area contributed by atoms with Gasteiger partial charge in [-0.15, -0.1) is 4.98 Å². The van der Waals surface area contributed by atoms with E-state index in [0.717, 1.165) is 0 Å². The molecule has 0 unspecified atom stereocenters. The van der Waals surface area contributed by atoms with E-state index in [2.05, 4.69) is 20.3 Å². The molecule has 0 atom stereocenters. The molecule has 0 aliphatic rings. The van der Waals surface area contributed by atoms with Gasteiger partial charge >= 0.3 is 12.0 Å². The average Bonchev–Trinajstić information content (AvgIpc) is 2.35. The summed E-state index contributed by atoms with van der Waals surface area (Å²) in [6.07, 6.45) is 0. The fourth-order valence-electron chi connectivity index (χ4n) is 0.917. The van der Waals surface area contributed by atoms with Crippen LogP contribution in [0.15, 0.2) is 0 Å². The Morgan fingerprint density at radius 1 is 1.06 bits per heavy atom. The molecule has 1 heterocycles. The molecule has 1 rings (SSSR count). The normalized spacial score (nSPS) is 10.3. The minimum Gasteiger partial charge on any atom is -0.467 e. The summed E-state index contributed by atoms with van der Waals surface area (Å²) in [6.45, 7) is -0.486. The van der Waals surface area contributed by atoms with Gasteiger partial charge in [-0.1, -0.05) is 0 Å². The lowest BCUT2D eigenvalue weighted by atomic mass is 10.3. The van der Waals surface area contributed by atoms with Crippen molar-refractivity contribution in [1.29, 1.82) is 0 Å². The Kier molecular flexibility index (Phi) is 4.67. The van der Waals surface area contributed by atoms with Crippen molar-refractivity contribution in [2.24, 2.45) is 0 Å². The number of ether oxygens (including phenoxy) is 2. The third kappa shape index (κ3) is 3.17. The fourth-order valence-corrected chi connectivity index (χ4v) is 0.917. The zero-order valence-electron chi connectivity index (χ0n) is 9.04. The van der Waals surface area contributed by atoms with Crippen LogP contribution in [-0.2, 0) is 0 Å². The molecular formula is C8H14N4O4. The van der Waals surface area contributed by atoms with Gasteiger partial charge in [-0.2, -0.15) is 9.97 Å². The maximum atomic E-state index is 8.88. The van der Waals surface area contributed by atoms with E-state index in [1.165, 1.54) is 14.2 Å². The van der Waals surface area contributed by atoms with Gasteiger partial charge in [-0.05, 0) is 0 Å². The summed E-state index contributed by atoms with van der Waals surface area (Å²) in [7, 11) is 2.82. The first kappa shape index (κ1) is 12.4. The molecule has 0 saturated carbocycles. The maximum absolute atomic E-state index is 8.88. The highest BCUT2D eigenvalue weighted by molar-refractivity contribution is 5.29. The first-order chi connectivity index (χ1) is 7.73. The van der Waals surface area contributed by atoms with Crippen molar-refractivity contribution in [2.45, 2.75) is 6.04 Å². The number of rotatable bonds is 6. The van der Waals surface area contributed by atoms with Crippen molar-refractivity contribution in [1.82, 2.24) is 15.0 Å². The van der Waals surface area contributed by atoms with E-state index >= 15 is 0 Å². The minimum absolute atomic E-state index is 0.0870. The summed E-state index contributed by atoms with van der Waals surface area (Å²) in [4.78, 5) is 11.6. The molecular weight excluding hydrogens is 216 g/mol. The molecule has 0 spiro atoms. The van der Waals surface area contributed by atoms with E-state index in [1.807, 2.05) is 0 Å². The summed E-state index contributed by atoms with van der Waals surface area (Å²) in [5.74, 6) is 0.164. The van der Waals surface area contributed by atoms with Crippen LogP contribution in [0.1, 0.15) is 0 Å². The maximum Gasteiger partial charge on any atom is 0.324 e. The number of anilines is 1. The molecule has 0 amide bonds. The highest BCUT2D eigenvalue weighted by atomic mass is 16.5. The van der Waals surface area contributed by atoms with E-state index in [-0.39, 0.29) is 31.2 Å². The van der Waals surface area contributed by atoms with Crippen LogP contribution < -0.4 is 14.8 Å². The highest BCUT2D eigenvalue weighted by Crippen LogP contribution is 2.12. The Morgan fingerprint density at radius 2 is 1.56 bits per heavy atom. The fraction of sp³-hybridized carbons (Fsp3) is 0.625. The third-order valence-electron chi connectivity index (χ3n) is 1.73. The van der Waals surface area contributed by atoms with Crippen molar-refractivity contribution in [2.75, 3.05) is 32.8 Å². The van der Waals surface area contributed by atoms with Gasteiger partial charge in [0.15, 0.2) is 0 Å². The topological polar surface area (TPSA) is 110 Å². The van der Waals surface area contributed by atoms with Gasteiger partial charge in [0, 0.05) is 0 Å². The molecule has 0 aliphatic carbocycles. The van der Waals surface area contributed by atoms with Gasteiger partial charge in [-0.25, -0.2) is 0 Å². The largest absolute Gasteiger partial charge is 0.467 e. The Hall–Kier alpha value is -1.67. The quantitative estimate of drug-likeness (QED) is 0.550. The summed E-state index contributed by atoms with van der Waals surface area (Å²) >= 11 is 0. The van der Waals surface area contributed by atoms with E-state index < -0.39 is 6.04 Å². The predicted octanol–water partition coefficient (Wildman–Crippen LogP) is -1.35. The second-order valence-electron chi connectivity index (χ2n) is 2.84. The lowest BCUT2D eigenvalue weighted by Crippen LogP contribution is -2.28. The van der Waals surface area contributed by atoms with E-state index in [9.17, 15) is 0 Å². The monoisotopic (exact) mass is 230 g/mol. The number of aliphatic hydroxyl groups excluding tert-OH is 2. The summed E-state index contributed by atoms with van der Waals surface area (Å²) < 4.78 is 9.68. The lowest BCUT2D eigenvalue weighted by Gasteiger charge is -2.13. The third-order valence-corrected chi connectivity index (χ3v) is 1.73. The second-order valence-corrected chi connectivity index (χ2v) is 2.84. The molecule has 3 N–H and O–H groups in total. The lowest BCUT2D eigenvalue weighted by molar-refractivity contribution is 0.203. The van der Waals surface area contributed by atoms with Crippen molar-refractivity contribution in [3.8, 4) is 12.0 Å². The van der Waals surface area contributed by atoms with Crippen LogP contribution >= 0.6 is 0 Å². The number of aliphatic hydroxyl groups is 2. The SMILES string of the molecule is COc1nc(NC(CO)CO)nc(OC)n1. The van der Waals surface area contributed by atoms with Gasteiger partial charge in [0.25, 0.3) is 0 Å². The molecule has 0 radical (unpaired) electrons. The molecule has 90 valence electrons. The standard InChI is InChI=1S/C8H14N4O4/c1-15-7-10-6(9-5(3-13)4-14)11-8(12-7)16-2/h5,13-14H,3-4H2,1-2H3,(H,9,10,11,12). The highest BCUT2D eigenvalue weighted by Gasteiger charge is 2.11. The average molecular weight is 230 g/mol. The van der Waals surface area contributed by atoms with Crippen LogP contribution in [0.4, 0.5) is 5.95 Å². The molecule has 1 aromatic rings. The molecule has 0 aromatic carbocycles. The van der Waals surface area contributed by atoms with E-state index in [4.69, 9.17) is 19.7 Å². The first-order valence-electron chi connectivity index (χ1n) is 4.55. The molecule has 1 aromatic heterocycles. The Morgan fingerprint density at radius 3 is 1.94 bits per heavy atom. The van der Waals surface area contributed by atoms with Crippen LogP contribution in [-0.4, -0.2) is 58.6 Å². The number of nitrogens with zero attached hydrogens (tertiary/aromatic N) is 3. The molecule has 0 saturated heterocycles. The number of aromatic nitrogens is 3. The zero-order chi connectivity index (χ0) is 12.0. The minimum atomic E-state index is -0.545. The second kappa shape index (κ2) is 6.03. The molecule has 8 heteroatoms. The molecule has 0 aliphatic heterocycles. The van der Waals surface area contributed by atoms with Crippen molar-refractivity contribution < 1.29 is 19.7 Å². The van der Waals surface area contributed by atoms with E-state index in [1.54, 1.807) is 0 Å². The predicted molar refractivity (Wildman–Crippen MR) is 54.5 cm³/mol. The Balaban J connectivity index is 2.85. The van der Waals surface area contributed by atoms with Crippen LogP contribution in [0.25, 0.3) is 0 Å². The number of hydrogen-bond acceptors (Lipinski definition) is 8. The molecule has 16 heavy (non-hydrogen) atoms. The van der Waals surface area contributed by atoms with E-state index in [0.29, 0.717) is 0 Å². The van der Waals surface area contributed by atoms with Gasteiger partial charge in [0.2, 0.25) is 5.95 Å². The van der Waals surface area contributed by atoms with Crippen molar-refractivity contribution in [3.05, 3.63) is 0 Å². The summed E-state index contributed by atoms with van der Waals surface area (Å²) in [5, 5.41) is 20.5. The van der Waals surface area contributed by atoms with Gasteiger partial charge in [0.05, 0.1) is 33.5 Å². The van der Waals surface area contributed by atoms with Gasteiger partial charge in [0.1, 0.15) is 0 Å². The first-order valence-corrected chi connectivity index (χ1v) is 4.55. The molecule has 0 bridgehead atoms. The Bertz CT molecular complexity index is 310. The molecule has 0 fully saturated rings. The van der Waals surface area contributed by atoms with Crippen molar-refractivity contribution >= 4 is 5.95 Å². The van der Waals surface area contributed by atoms with Crippen molar-refractivity contribution in [3.63, 3.8) is 0 Å². The number of methoxy groups -OCH3 is 2. The summed E-state index contributed by atoms with van der Waals surface area (Å²) in [6, 6.07) is -0.371. The smallest absolute Gasteiger partial charge is 0.324 e. The number of hydrogen-bond donors (Lipinski definition) is 3. The Labute approximate surface area is 92.3 Å². The number of nitrogens with one attached hydrogen (secondary N) is 1. The molecule has 8 nitrogen and oxygen atoms in total. The van der Waals surface area contributed by atoms with Crippen LogP contribution in [0, 0.1) is 0 Å². The van der Waals surface area contributed by atoms with Crippen LogP contribution in [0.3, 0.4) is 0 Å². The van der Waals surface area contributed by atoms with Crippen LogP contribution in [0.5, 0.6) is 12.0 Å². The van der Waals surface area contributed by atoms with Crippen LogP contribution in [0.2, 0.25) is 0 Å². The van der Waals surface area contributed by atoms with Gasteiger partial charge < -0.3 is 25.0 Å².